The van der Waals surface area contributed by atoms with Crippen molar-refractivity contribution in [3.8, 4) is 0 Å². The Hall–Kier alpha value is -1.66. The predicted octanol–water partition coefficient (Wildman–Crippen LogP) is 3.79. The van der Waals surface area contributed by atoms with E-state index in [1.165, 1.54) is 30.8 Å². The number of anilines is 1. The van der Waals surface area contributed by atoms with Gasteiger partial charge in [-0.15, -0.1) is 0 Å². The zero-order chi connectivity index (χ0) is 16.9. The number of nitrogens with zero attached hydrogens (tertiary/aromatic N) is 2. The second-order valence-corrected chi connectivity index (χ2v) is 7.96. The molecule has 0 saturated carbocycles. The molecule has 2 heterocycles. The Morgan fingerprint density at radius 2 is 2.04 bits per heavy atom. The molecule has 1 fully saturated rings. The van der Waals surface area contributed by atoms with Crippen LogP contribution in [0.4, 0.5) is 9.93 Å². The molecule has 1 aromatic heterocycles. The van der Waals surface area contributed by atoms with E-state index in [2.05, 4.69) is 34.4 Å². The highest BCUT2D eigenvalue weighted by Gasteiger charge is 2.21. The highest BCUT2D eigenvalue weighted by atomic mass is 32.1. The Bertz CT molecular complexity index is 643. The molecule has 5 nitrogen and oxygen atoms in total. The first-order valence-electron chi connectivity index (χ1n) is 8.73. The van der Waals surface area contributed by atoms with Gasteiger partial charge in [-0.05, 0) is 43.4 Å². The van der Waals surface area contributed by atoms with Crippen LogP contribution in [0.2, 0.25) is 0 Å². The van der Waals surface area contributed by atoms with Crippen LogP contribution in [0.3, 0.4) is 0 Å². The second kappa shape index (κ2) is 7.94. The molecule has 0 spiro atoms. The van der Waals surface area contributed by atoms with Gasteiger partial charge in [0.15, 0.2) is 5.13 Å². The van der Waals surface area contributed by atoms with Crippen molar-refractivity contribution in [2.75, 3.05) is 31.5 Å². The molecule has 1 aromatic carbocycles. The number of aromatic nitrogens is 1. The van der Waals surface area contributed by atoms with E-state index < -0.39 is 0 Å². The average molecular weight is 347 g/mol. The Labute approximate surface area is 147 Å². The smallest absolute Gasteiger partial charge is 0.321 e. The highest BCUT2D eigenvalue weighted by Crippen LogP contribution is 2.25. The van der Waals surface area contributed by atoms with Crippen molar-refractivity contribution in [3.63, 3.8) is 0 Å². The van der Waals surface area contributed by atoms with Crippen molar-refractivity contribution in [2.45, 2.75) is 26.7 Å². The van der Waals surface area contributed by atoms with Crippen LogP contribution in [-0.4, -0.2) is 42.1 Å². The van der Waals surface area contributed by atoms with Crippen LogP contribution in [0, 0.1) is 11.8 Å². The van der Waals surface area contributed by atoms with Gasteiger partial charge >= 0.3 is 6.03 Å². The molecular weight excluding hydrogens is 320 g/mol. The van der Waals surface area contributed by atoms with E-state index in [1.54, 1.807) is 0 Å². The molecule has 24 heavy (non-hydrogen) atoms. The Kier molecular flexibility index (Phi) is 5.68. The van der Waals surface area contributed by atoms with Crippen molar-refractivity contribution in [1.29, 1.82) is 0 Å². The lowest BCUT2D eigenvalue weighted by molar-refractivity contribution is 0.140. The standard InChI is InChI=1S/C18H26N4OS/c1-13-10-14(2)12-22(11-13)9-5-8-19-17(23)21-18-20-15-6-3-4-7-16(15)24-18/h3-4,6-7,13-14H,5,8-12H2,1-2H3,(H2,19,20,21,23)/t13-,14-/m0/s1. The fourth-order valence-corrected chi connectivity index (χ4v) is 4.41. The number of hydrogen-bond acceptors (Lipinski definition) is 4. The minimum Gasteiger partial charge on any atom is -0.338 e. The first kappa shape index (κ1) is 17.2. The molecule has 2 atom stereocenters. The largest absolute Gasteiger partial charge is 0.338 e. The second-order valence-electron chi connectivity index (χ2n) is 6.93. The van der Waals surface area contributed by atoms with E-state index >= 15 is 0 Å². The fourth-order valence-electron chi connectivity index (χ4n) is 3.55. The molecule has 0 unspecified atom stereocenters. The summed E-state index contributed by atoms with van der Waals surface area (Å²) in [7, 11) is 0. The maximum atomic E-state index is 12.0. The normalized spacial score (nSPS) is 21.8. The first-order valence-corrected chi connectivity index (χ1v) is 9.54. The van der Waals surface area contributed by atoms with Crippen molar-refractivity contribution >= 4 is 32.7 Å². The van der Waals surface area contributed by atoms with Gasteiger partial charge in [-0.1, -0.05) is 37.3 Å². The van der Waals surface area contributed by atoms with Crippen LogP contribution >= 0.6 is 11.3 Å². The van der Waals surface area contributed by atoms with E-state index in [1.807, 2.05) is 24.3 Å². The van der Waals surface area contributed by atoms with Crippen LogP contribution in [0.15, 0.2) is 24.3 Å². The number of hydrogen-bond donors (Lipinski definition) is 2. The van der Waals surface area contributed by atoms with Crippen LogP contribution in [-0.2, 0) is 0 Å². The van der Waals surface area contributed by atoms with Gasteiger partial charge in [0.05, 0.1) is 10.2 Å². The van der Waals surface area contributed by atoms with Crippen LogP contribution in [0.1, 0.15) is 26.7 Å². The molecule has 3 rings (SSSR count). The number of piperidine rings is 1. The summed E-state index contributed by atoms with van der Waals surface area (Å²) in [6.45, 7) is 8.76. The third-order valence-electron chi connectivity index (χ3n) is 4.40. The number of para-hydroxylation sites is 1. The van der Waals surface area contributed by atoms with Gasteiger partial charge in [0, 0.05) is 19.6 Å². The molecule has 0 aliphatic carbocycles. The van der Waals surface area contributed by atoms with Crippen molar-refractivity contribution < 1.29 is 4.79 Å². The molecule has 1 saturated heterocycles. The summed E-state index contributed by atoms with van der Waals surface area (Å²) in [4.78, 5) is 18.9. The van der Waals surface area contributed by atoms with Crippen LogP contribution in [0.25, 0.3) is 10.2 Å². The molecule has 1 aliphatic rings. The number of fused-ring (bicyclic) bond motifs is 1. The molecule has 6 heteroatoms. The zero-order valence-corrected chi connectivity index (χ0v) is 15.2. The predicted molar refractivity (Wildman–Crippen MR) is 101 cm³/mol. The Balaban J connectivity index is 1.38. The molecule has 0 bridgehead atoms. The van der Waals surface area contributed by atoms with Gasteiger partial charge in [-0.25, -0.2) is 9.78 Å². The Morgan fingerprint density at radius 1 is 1.29 bits per heavy atom. The third-order valence-corrected chi connectivity index (χ3v) is 5.35. The monoisotopic (exact) mass is 346 g/mol. The Morgan fingerprint density at radius 3 is 2.79 bits per heavy atom. The summed E-state index contributed by atoms with van der Waals surface area (Å²) in [5.74, 6) is 1.56. The van der Waals surface area contributed by atoms with Crippen molar-refractivity contribution in [2.24, 2.45) is 11.8 Å². The van der Waals surface area contributed by atoms with Crippen molar-refractivity contribution in [3.05, 3.63) is 24.3 Å². The quantitative estimate of drug-likeness (QED) is 0.810. The van der Waals surface area contributed by atoms with Gasteiger partial charge in [0.1, 0.15) is 0 Å². The van der Waals surface area contributed by atoms with E-state index in [4.69, 9.17) is 0 Å². The molecular formula is C18H26N4OS. The number of benzene rings is 1. The SMILES string of the molecule is C[C@H]1C[C@H](C)CN(CCCNC(=O)Nc2nc3ccccc3s2)C1. The lowest BCUT2D eigenvalue weighted by Gasteiger charge is -2.34. The number of amides is 2. The number of likely N-dealkylation sites (tertiary alicyclic amines) is 1. The number of urea groups is 1. The summed E-state index contributed by atoms with van der Waals surface area (Å²) in [5.41, 5.74) is 0.922. The number of nitrogens with one attached hydrogen (secondary N) is 2. The minimum absolute atomic E-state index is 0.172. The van der Waals surface area contributed by atoms with E-state index in [-0.39, 0.29) is 6.03 Å². The summed E-state index contributed by atoms with van der Waals surface area (Å²) < 4.78 is 1.08. The fraction of sp³-hybridized carbons (Fsp3) is 0.556. The molecule has 130 valence electrons. The minimum atomic E-state index is -0.172. The topological polar surface area (TPSA) is 57.3 Å². The van der Waals surface area contributed by atoms with Crippen molar-refractivity contribution in [1.82, 2.24) is 15.2 Å². The van der Waals surface area contributed by atoms with Gasteiger partial charge in [0.2, 0.25) is 0 Å². The van der Waals surface area contributed by atoms with Crippen LogP contribution < -0.4 is 10.6 Å². The van der Waals surface area contributed by atoms with Crippen LogP contribution in [0.5, 0.6) is 0 Å². The summed E-state index contributed by atoms with van der Waals surface area (Å²) in [5, 5.41) is 6.40. The maximum Gasteiger partial charge on any atom is 0.321 e. The molecule has 2 N–H and O–H groups in total. The molecule has 1 aliphatic heterocycles. The van der Waals surface area contributed by atoms with Gasteiger partial charge < -0.3 is 10.2 Å². The van der Waals surface area contributed by atoms with E-state index in [9.17, 15) is 4.79 Å². The maximum absolute atomic E-state index is 12.0. The van der Waals surface area contributed by atoms with E-state index in [0.29, 0.717) is 11.7 Å². The third kappa shape index (κ3) is 4.68. The number of carbonyl (C=O) groups is 1. The van der Waals surface area contributed by atoms with Gasteiger partial charge in [-0.2, -0.15) is 0 Å². The van der Waals surface area contributed by atoms with Gasteiger partial charge in [0.25, 0.3) is 0 Å². The average Bonchev–Trinajstić information content (AvgIpc) is 2.92. The number of carbonyl (C=O) groups excluding carboxylic acids is 1. The van der Waals surface area contributed by atoms with E-state index in [0.717, 1.165) is 35.0 Å². The zero-order valence-electron chi connectivity index (χ0n) is 14.4. The highest BCUT2D eigenvalue weighted by molar-refractivity contribution is 7.22. The number of rotatable bonds is 5. The molecule has 0 radical (unpaired) electrons. The first-order chi connectivity index (χ1) is 11.6. The lowest BCUT2D eigenvalue weighted by atomic mass is 9.92. The molecule has 2 amide bonds. The van der Waals surface area contributed by atoms with Gasteiger partial charge in [-0.3, -0.25) is 5.32 Å². The summed E-state index contributed by atoms with van der Waals surface area (Å²) >= 11 is 1.50. The molecule has 2 aromatic rings. The number of thiazole rings is 1. The summed E-state index contributed by atoms with van der Waals surface area (Å²) in [6, 6.07) is 7.72. The summed E-state index contributed by atoms with van der Waals surface area (Å²) in [6.07, 6.45) is 2.31. The lowest BCUT2D eigenvalue weighted by Crippen LogP contribution is -2.40.